The molecule has 1 aliphatic heterocycles. The number of benzene rings is 1. The topological polar surface area (TPSA) is 44.4 Å². The van der Waals surface area contributed by atoms with E-state index in [-0.39, 0.29) is 42.6 Å². The van der Waals surface area contributed by atoms with Gasteiger partial charge in [0.25, 0.3) is 0 Å². The third-order valence-electron chi connectivity index (χ3n) is 3.87. The summed E-state index contributed by atoms with van der Waals surface area (Å²) in [6, 6.07) is 6.32. The first kappa shape index (κ1) is 19.2. The Bertz CT molecular complexity index is 476. The van der Waals surface area contributed by atoms with Crippen LogP contribution in [0.2, 0.25) is 0 Å². The van der Waals surface area contributed by atoms with Crippen molar-refractivity contribution in [1.82, 2.24) is 15.5 Å². The molecule has 1 atom stereocenters. The molecule has 1 aromatic carbocycles. The molecule has 22 heavy (non-hydrogen) atoms. The molecule has 0 aromatic heterocycles. The van der Waals surface area contributed by atoms with Gasteiger partial charge in [-0.05, 0) is 30.5 Å². The van der Waals surface area contributed by atoms with Crippen LogP contribution in [0.4, 0.5) is 4.39 Å². The molecule has 1 unspecified atom stereocenters. The number of hydrogen-bond acceptors (Lipinski definition) is 3. The van der Waals surface area contributed by atoms with Crippen LogP contribution >= 0.6 is 24.8 Å². The van der Waals surface area contributed by atoms with E-state index in [4.69, 9.17) is 0 Å². The third kappa shape index (κ3) is 4.81. The predicted octanol–water partition coefficient (Wildman–Crippen LogP) is 1.89. The summed E-state index contributed by atoms with van der Waals surface area (Å²) in [5.41, 5.74) is 0.867. The number of halogens is 3. The molecule has 2 aliphatic rings. The van der Waals surface area contributed by atoms with E-state index in [1.54, 1.807) is 12.1 Å². The van der Waals surface area contributed by atoms with Crippen LogP contribution in [0.15, 0.2) is 24.3 Å². The van der Waals surface area contributed by atoms with Crippen LogP contribution in [0.1, 0.15) is 24.4 Å². The lowest BCUT2D eigenvalue weighted by Crippen LogP contribution is -2.49. The molecule has 4 nitrogen and oxygen atoms in total. The van der Waals surface area contributed by atoms with Crippen LogP contribution in [0, 0.1) is 5.82 Å². The average molecular weight is 350 g/mol. The van der Waals surface area contributed by atoms with Crippen LogP contribution < -0.4 is 10.6 Å². The molecule has 1 saturated carbocycles. The van der Waals surface area contributed by atoms with Crippen molar-refractivity contribution in [2.24, 2.45) is 0 Å². The van der Waals surface area contributed by atoms with Gasteiger partial charge < -0.3 is 10.6 Å². The number of carbonyl (C=O) groups excluding carboxylic acids is 1. The van der Waals surface area contributed by atoms with Crippen molar-refractivity contribution in [1.29, 1.82) is 0 Å². The van der Waals surface area contributed by atoms with Crippen molar-refractivity contribution < 1.29 is 9.18 Å². The van der Waals surface area contributed by atoms with E-state index in [0.29, 0.717) is 6.04 Å². The quantitative estimate of drug-likeness (QED) is 0.872. The smallest absolute Gasteiger partial charge is 0.242 e. The lowest BCUT2D eigenvalue weighted by molar-refractivity contribution is -0.127. The van der Waals surface area contributed by atoms with Gasteiger partial charge in [-0.25, -0.2) is 4.39 Å². The number of carbonyl (C=O) groups is 1. The Hall–Kier alpha value is -0.880. The monoisotopic (exact) mass is 349 g/mol. The molecule has 124 valence electrons. The fourth-order valence-electron chi connectivity index (χ4n) is 2.62. The summed E-state index contributed by atoms with van der Waals surface area (Å²) in [7, 11) is 0. The van der Waals surface area contributed by atoms with Crippen molar-refractivity contribution in [2.75, 3.05) is 26.2 Å². The Morgan fingerprint density at radius 2 is 1.77 bits per heavy atom. The second-order valence-corrected chi connectivity index (χ2v) is 5.52. The first-order valence-electron chi connectivity index (χ1n) is 7.24. The standard InChI is InChI=1S/C15H20FN3O.2ClH/c16-12-3-1-11(2-4-12)14(15(20)18-13-5-6-13)19-9-7-17-8-10-19;;/h1-4,13-14,17H,5-10H2,(H,18,20);2*1H. The zero-order chi connectivity index (χ0) is 13.9. The zero-order valence-corrected chi connectivity index (χ0v) is 13.9. The van der Waals surface area contributed by atoms with Gasteiger partial charge in [0.2, 0.25) is 5.91 Å². The number of amides is 1. The second-order valence-electron chi connectivity index (χ2n) is 5.52. The van der Waals surface area contributed by atoms with Gasteiger partial charge in [0.15, 0.2) is 0 Å². The minimum absolute atomic E-state index is 0. The van der Waals surface area contributed by atoms with Gasteiger partial charge in [-0.1, -0.05) is 12.1 Å². The molecule has 7 heteroatoms. The predicted molar refractivity (Wildman–Crippen MR) is 89.2 cm³/mol. The summed E-state index contributed by atoms with van der Waals surface area (Å²) in [5, 5.41) is 6.36. The summed E-state index contributed by atoms with van der Waals surface area (Å²) in [6.45, 7) is 3.43. The van der Waals surface area contributed by atoms with Gasteiger partial charge in [-0.3, -0.25) is 9.69 Å². The van der Waals surface area contributed by atoms with E-state index >= 15 is 0 Å². The van der Waals surface area contributed by atoms with Crippen LogP contribution in [-0.2, 0) is 4.79 Å². The molecule has 1 aromatic rings. The van der Waals surface area contributed by atoms with Gasteiger partial charge >= 0.3 is 0 Å². The van der Waals surface area contributed by atoms with Crippen molar-refractivity contribution in [3.63, 3.8) is 0 Å². The van der Waals surface area contributed by atoms with E-state index in [1.165, 1.54) is 12.1 Å². The van der Waals surface area contributed by atoms with E-state index < -0.39 is 0 Å². The van der Waals surface area contributed by atoms with Gasteiger partial charge in [-0.15, -0.1) is 24.8 Å². The zero-order valence-electron chi connectivity index (χ0n) is 12.3. The van der Waals surface area contributed by atoms with Gasteiger partial charge in [0, 0.05) is 32.2 Å². The van der Waals surface area contributed by atoms with Crippen molar-refractivity contribution >= 4 is 30.7 Å². The van der Waals surface area contributed by atoms with Crippen LogP contribution in [-0.4, -0.2) is 43.0 Å². The molecule has 1 amide bonds. The number of nitrogens with zero attached hydrogens (tertiary/aromatic N) is 1. The summed E-state index contributed by atoms with van der Waals surface area (Å²) in [4.78, 5) is 14.7. The maximum absolute atomic E-state index is 13.1. The van der Waals surface area contributed by atoms with Crippen molar-refractivity contribution in [3.05, 3.63) is 35.6 Å². The van der Waals surface area contributed by atoms with E-state index in [0.717, 1.165) is 44.6 Å². The Kier molecular flexibility index (Phi) is 7.56. The number of rotatable bonds is 4. The average Bonchev–Trinajstić information content (AvgIpc) is 3.26. The molecule has 2 N–H and O–H groups in total. The maximum atomic E-state index is 13.1. The third-order valence-corrected chi connectivity index (χ3v) is 3.87. The minimum atomic E-state index is -0.307. The molecule has 0 spiro atoms. The fraction of sp³-hybridized carbons (Fsp3) is 0.533. The first-order chi connectivity index (χ1) is 9.74. The van der Waals surface area contributed by atoms with Gasteiger partial charge in [0.05, 0.1) is 0 Å². The summed E-state index contributed by atoms with van der Waals surface area (Å²) < 4.78 is 13.1. The summed E-state index contributed by atoms with van der Waals surface area (Å²) in [6.07, 6.45) is 2.15. The van der Waals surface area contributed by atoms with Crippen molar-refractivity contribution in [3.8, 4) is 0 Å². The van der Waals surface area contributed by atoms with E-state index in [2.05, 4.69) is 15.5 Å². The molecular formula is C15H22Cl2FN3O. The Morgan fingerprint density at radius 1 is 1.18 bits per heavy atom. The highest BCUT2D eigenvalue weighted by Crippen LogP contribution is 2.25. The van der Waals surface area contributed by atoms with Crippen LogP contribution in [0.25, 0.3) is 0 Å². The fourth-order valence-corrected chi connectivity index (χ4v) is 2.62. The molecule has 0 bridgehead atoms. The molecular weight excluding hydrogens is 328 g/mol. The minimum Gasteiger partial charge on any atom is -0.352 e. The molecule has 1 aliphatic carbocycles. The SMILES string of the molecule is Cl.Cl.O=C(NC1CC1)C(c1ccc(F)cc1)N1CCNCC1. The molecule has 2 fully saturated rings. The molecule has 3 rings (SSSR count). The molecule has 0 radical (unpaired) electrons. The summed E-state index contributed by atoms with van der Waals surface area (Å²) >= 11 is 0. The van der Waals surface area contributed by atoms with Gasteiger partial charge in [-0.2, -0.15) is 0 Å². The molecule has 1 saturated heterocycles. The Balaban J connectivity index is 0.00000121. The number of hydrogen-bond donors (Lipinski definition) is 2. The highest BCUT2D eigenvalue weighted by atomic mass is 35.5. The number of piperazine rings is 1. The lowest BCUT2D eigenvalue weighted by atomic mass is 10.0. The first-order valence-corrected chi connectivity index (χ1v) is 7.24. The second kappa shape index (κ2) is 8.67. The largest absolute Gasteiger partial charge is 0.352 e. The Morgan fingerprint density at radius 3 is 2.32 bits per heavy atom. The highest BCUT2D eigenvalue weighted by molar-refractivity contribution is 5.85. The van der Waals surface area contributed by atoms with E-state index in [1.807, 2.05) is 0 Å². The van der Waals surface area contributed by atoms with E-state index in [9.17, 15) is 9.18 Å². The van der Waals surface area contributed by atoms with Gasteiger partial charge in [0.1, 0.15) is 11.9 Å². The summed E-state index contributed by atoms with van der Waals surface area (Å²) in [5.74, 6) is -0.226. The Labute approximate surface area is 142 Å². The highest BCUT2D eigenvalue weighted by Gasteiger charge is 2.32. The number of nitrogens with one attached hydrogen (secondary N) is 2. The normalized spacial score (nSPS) is 19.5. The van der Waals surface area contributed by atoms with Crippen LogP contribution in [0.3, 0.4) is 0 Å². The molecule has 1 heterocycles. The van der Waals surface area contributed by atoms with Crippen LogP contribution in [0.5, 0.6) is 0 Å². The van der Waals surface area contributed by atoms with Crippen molar-refractivity contribution in [2.45, 2.75) is 24.9 Å². The maximum Gasteiger partial charge on any atom is 0.242 e. The lowest BCUT2D eigenvalue weighted by Gasteiger charge is -2.34.